The van der Waals surface area contributed by atoms with E-state index in [9.17, 15) is 5.11 Å². The van der Waals surface area contributed by atoms with Crippen LogP contribution < -0.4 is 0 Å². The molecule has 0 spiro atoms. The van der Waals surface area contributed by atoms with E-state index in [0.29, 0.717) is 13.0 Å². The SMILES string of the molecule is Cc1ccc(C)c(C(O)CCN=[N+]=[N-])c1. The maximum Gasteiger partial charge on any atom is 0.0794 e. The monoisotopic (exact) mass is 205 g/mol. The van der Waals surface area contributed by atoms with E-state index in [1.54, 1.807) is 0 Å². The molecule has 1 unspecified atom stereocenters. The lowest BCUT2D eigenvalue weighted by Crippen LogP contribution is -2.02. The van der Waals surface area contributed by atoms with E-state index in [2.05, 4.69) is 10.0 Å². The second kappa shape index (κ2) is 5.39. The van der Waals surface area contributed by atoms with Crippen molar-refractivity contribution in [3.8, 4) is 0 Å². The van der Waals surface area contributed by atoms with Crippen LogP contribution in [-0.2, 0) is 0 Å². The van der Waals surface area contributed by atoms with Crippen molar-refractivity contribution >= 4 is 0 Å². The molecule has 15 heavy (non-hydrogen) atoms. The lowest BCUT2D eigenvalue weighted by molar-refractivity contribution is 0.169. The second-order valence-corrected chi connectivity index (χ2v) is 3.62. The van der Waals surface area contributed by atoms with Gasteiger partial charge in [0.15, 0.2) is 0 Å². The fourth-order valence-electron chi connectivity index (χ4n) is 1.50. The topological polar surface area (TPSA) is 69.0 Å². The molecule has 4 heteroatoms. The number of hydrogen-bond acceptors (Lipinski definition) is 2. The van der Waals surface area contributed by atoms with Crippen molar-refractivity contribution in [2.75, 3.05) is 6.54 Å². The molecule has 0 bridgehead atoms. The summed E-state index contributed by atoms with van der Waals surface area (Å²) in [7, 11) is 0. The first-order valence-corrected chi connectivity index (χ1v) is 4.91. The summed E-state index contributed by atoms with van der Waals surface area (Å²) < 4.78 is 0. The van der Waals surface area contributed by atoms with Gasteiger partial charge in [-0.1, -0.05) is 28.9 Å². The van der Waals surface area contributed by atoms with Crippen molar-refractivity contribution in [3.63, 3.8) is 0 Å². The molecule has 0 aromatic heterocycles. The molecule has 0 aliphatic carbocycles. The first-order chi connectivity index (χ1) is 7.15. The summed E-state index contributed by atoms with van der Waals surface area (Å²) in [6, 6.07) is 5.97. The van der Waals surface area contributed by atoms with Crippen LogP contribution in [0.5, 0.6) is 0 Å². The highest BCUT2D eigenvalue weighted by atomic mass is 16.3. The molecular formula is C11H15N3O. The lowest BCUT2D eigenvalue weighted by atomic mass is 9.99. The molecule has 4 nitrogen and oxygen atoms in total. The number of aliphatic hydroxyl groups excluding tert-OH is 1. The molecule has 0 heterocycles. The minimum absolute atomic E-state index is 0.324. The number of nitrogens with zero attached hydrogens (tertiary/aromatic N) is 3. The number of benzene rings is 1. The van der Waals surface area contributed by atoms with Crippen molar-refractivity contribution in [2.24, 2.45) is 5.11 Å². The predicted molar refractivity (Wildman–Crippen MR) is 59.5 cm³/mol. The van der Waals surface area contributed by atoms with Crippen LogP contribution in [0.15, 0.2) is 23.3 Å². The van der Waals surface area contributed by atoms with Crippen molar-refractivity contribution in [1.29, 1.82) is 0 Å². The fourth-order valence-corrected chi connectivity index (χ4v) is 1.50. The third kappa shape index (κ3) is 3.27. The van der Waals surface area contributed by atoms with Crippen LogP contribution in [0.3, 0.4) is 0 Å². The molecule has 0 saturated heterocycles. The highest BCUT2D eigenvalue weighted by molar-refractivity contribution is 5.32. The average molecular weight is 205 g/mol. The van der Waals surface area contributed by atoms with Crippen LogP contribution in [0.4, 0.5) is 0 Å². The highest BCUT2D eigenvalue weighted by Gasteiger charge is 2.09. The van der Waals surface area contributed by atoms with Gasteiger partial charge in [-0.15, -0.1) is 0 Å². The molecule has 0 amide bonds. The first-order valence-electron chi connectivity index (χ1n) is 4.91. The molecule has 0 aliphatic heterocycles. The quantitative estimate of drug-likeness (QED) is 0.458. The van der Waals surface area contributed by atoms with Crippen LogP contribution in [0.25, 0.3) is 10.4 Å². The summed E-state index contributed by atoms with van der Waals surface area (Å²) in [6.45, 7) is 4.28. The van der Waals surface area contributed by atoms with Gasteiger partial charge in [-0.3, -0.25) is 0 Å². The van der Waals surface area contributed by atoms with E-state index in [1.165, 1.54) is 0 Å². The molecule has 0 radical (unpaired) electrons. The van der Waals surface area contributed by atoms with E-state index in [1.807, 2.05) is 32.0 Å². The average Bonchev–Trinajstić information content (AvgIpc) is 2.22. The summed E-state index contributed by atoms with van der Waals surface area (Å²) in [5, 5.41) is 13.3. The van der Waals surface area contributed by atoms with Gasteiger partial charge >= 0.3 is 0 Å². The van der Waals surface area contributed by atoms with Gasteiger partial charge in [-0.25, -0.2) is 0 Å². The van der Waals surface area contributed by atoms with Crippen LogP contribution >= 0.6 is 0 Å². The minimum Gasteiger partial charge on any atom is -0.388 e. The van der Waals surface area contributed by atoms with Gasteiger partial charge < -0.3 is 5.11 Å². The van der Waals surface area contributed by atoms with Gasteiger partial charge in [0.2, 0.25) is 0 Å². The van der Waals surface area contributed by atoms with E-state index in [4.69, 9.17) is 5.53 Å². The largest absolute Gasteiger partial charge is 0.388 e. The van der Waals surface area contributed by atoms with Crippen LogP contribution in [0.1, 0.15) is 29.2 Å². The number of rotatable bonds is 4. The maximum absolute atomic E-state index is 9.87. The zero-order chi connectivity index (χ0) is 11.3. The van der Waals surface area contributed by atoms with Gasteiger partial charge in [0, 0.05) is 11.5 Å². The van der Waals surface area contributed by atoms with Crippen molar-refractivity contribution in [1.82, 2.24) is 0 Å². The summed E-state index contributed by atoms with van der Waals surface area (Å²) in [4.78, 5) is 2.66. The van der Waals surface area contributed by atoms with Crippen LogP contribution in [0, 0.1) is 13.8 Å². The normalized spacial score (nSPS) is 11.9. The van der Waals surface area contributed by atoms with Crippen molar-refractivity contribution in [2.45, 2.75) is 26.4 Å². The fraction of sp³-hybridized carbons (Fsp3) is 0.455. The Labute approximate surface area is 89.2 Å². The van der Waals surface area contributed by atoms with Gasteiger partial charge in [0.05, 0.1) is 6.10 Å². The summed E-state index contributed by atoms with van der Waals surface area (Å²) >= 11 is 0. The third-order valence-electron chi connectivity index (χ3n) is 2.36. The van der Waals surface area contributed by atoms with Crippen molar-refractivity contribution < 1.29 is 5.11 Å². The Kier molecular flexibility index (Phi) is 4.16. The smallest absolute Gasteiger partial charge is 0.0794 e. The number of azide groups is 1. The Bertz CT molecular complexity index is 383. The third-order valence-corrected chi connectivity index (χ3v) is 2.36. The predicted octanol–water partition coefficient (Wildman–Crippen LogP) is 3.04. The lowest BCUT2D eigenvalue weighted by Gasteiger charge is -2.13. The molecule has 0 fully saturated rings. The van der Waals surface area contributed by atoms with Crippen molar-refractivity contribution in [3.05, 3.63) is 45.3 Å². The number of hydrogen-bond donors (Lipinski definition) is 1. The molecule has 1 aromatic carbocycles. The zero-order valence-electron chi connectivity index (χ0n) is 9.01. The molecule has 1 rings (SSSR count). The Balaban J connectivity index is 2.76. The summed E-state index contributed by atoms with van der Waals surface area (Å²) in [5.41, 5.74) is 11.2. The van der Waals surface area contributed by atoms with Gasteiger partial charge in [-0.2, -0.15) is 0 Å². The first kappa shape index (κ1) is 11.6. The molecule has 80 valence electrons. The van der Waals surface area contributed by atoms with Crippen LogP contribution in [-0.4, -0.2) is 11.7 Å². The van der Waals surface area contributed by atoms with E-state index in [0.717, 1.165) is 16.7 Å². The van der Waals surface area contributed by atoms with Gasteiger partial charge in [-0.05, 0) is 36.9 Å². The standard InChI is InChI=1S/C11H15N3O/c1-8-3-4-9(2)10(7-8)11(15)5-6-13-14-12/h3-4,7,11,15H,5-6H2,1-2H3. The van der Waals surface area contributed by atoms with E-state index >= 15 is 0 Å². The highest BCUT2D eigenvalue weighted by Crippen LogP contribution is 2.21. The summed E-state index contributed by atoms with van der Waals surface area (Å²) in [5.74, 6) is 0. The van der Waals surface area contributed by atoms with E-state index in [-0.39, 0.29) is 0 Å². The molecular weight excluding hydrogens is 190 g/mol. The Hall–Kier alpha value is -1.51. The van der Waals surface area contributed by atoms with Gasteiger partial charge in [0.25, 0.3) is 0 Å². The number of aryl methyl sites for hydroxylation is 2. The van der Waals surface area contributed by atoms with E-state index < -0.39 is 6.10 Å². The Morgan fingerprint density at radius 3 is 2.87 bits per heavy atom. The Morgan fingerprint density at radius 2 is 2.20 bits per heavy atom. The zero-order valence-corrected chi connectivity index (χ0v) is 9.01. The Morgan fingerprint density at radius 1 is 1.47 bits per heavy atom. The second-order valence-electron chi connectivity index (χ2n) is 3.62. The molecule has 1 atom stereocenters. The summed E-state index contributed by atoms with van der Waals surface area (Å²) in [6.07, 6.45) is -0.0793. The maximum atomic E-state index is 9.87. The van der Waals surface area contributed by atoms with Crippen LogP contribution in [0.2, 0.25) is 0 Å². The molecule has 0 saturated carbocycles. The molecule has 0 aliphatic rings. The minimum atomic E-state index is -0.546. The number of aliphatic hydroxyl groups is 1. The molecule has 1 N–H and O–H groups in total. The molecule has 1 aromatic rings. The van der Waals surface area contributed by atoms with Gasteiger partial charge in [0.1, 0.15) is 0 Å².